The molecule has 5 rings (SSSR count). The van der Waals surface area contributed by atoms with E-state index in [1.165, 1.54) is 44.1 Å². The second-order valence-electron chi connectivity index (χ2n) is 8.29. The average molecular weight is 297 g/mol. The molecule has 2 heteroatoms. The SMILES string of the molecule is C[C@@H](NC(=O)CC12CC3CC(CC(C3)C1)C2)c1ccccc1. The maximum Gasteiger partial charge on any atom is 0.221 e. The van der Waals surface area contributed by atoms with Gasteiger partial charge in [-0.2, -0.15) is 0 Å². The van der Waals surface area contributed by atoms with E-state index in [9.17, 15) is 4.79 Å². The van der Waals surface area contributed by atoms with Crippen molar-refractivity contribution < 1.29 is 4.79 Å². The fraction of sp³-hybridized carbons (Fsp3) is 0.650. The summed E-state index contributed by atoms with van der Waals surface area (Å²) in [6.07, 6.45) is 9.03. The molecule has 22 heavy (non-hydrogen) atoms. The summed E-state index contributed by atoms with van der Waals surface area (Å²) in [6.45, 7) is 2.09. The highest BCUT2D eigenvalue weighted by atomic mass is 16.1. The van der Waals surface area contributed by atoms with Crippen molar-refractivity contribution >= 4 is 5.91 Å². The monoisotopic (exact) mass is 297 g/mol. The van der Waals surface area contributed by atoms with Crippen molar-refractivity contribution in [3.63, 3.8) is 0 Å². The number of benzene rings is 1. The van der Waals surface area contributed by atoms with Crippen LogP contribution >= 0.6 is 0 Å². The van der Waals surface area contributed by atoms with Crippen LogP contribution in [0.15, 0.2) is 30.3 Å². The smallest absolute Gasteiger partial charge is 0.221 e. The summed E-state index contributed by atoms with van der Waals surface area (Å²) in [5.74, 6) is 3.03. The van der Waals surface area contributed by atoms with Crippen molar-refractivity contribution in [1.29, 1.82) is 0 Å². The first-order valence-electron chi connectivity index (χ1n) is 8.96. The molecule has 0 unspecified atom stereocenters. The molecule has 4 fully saturated rings. The van der Waals surface area contributed by atoms with Gasteiger partial charge in [0, 0.05) is 6.42 Å². The second kappa shape index (κ2) is 5.40. The van der Waals surface area contributed by atoms with Gasteiger partial charge in [0.25, 0.3) is 0 Å². The first kappa shape index (κ1) is 14.3. The highest BCUT2D eigenvalue weighted by molar-refractivity contribution is 5.77. The van der Waals surface area contributed by atoms with E-state index in [0.717, 1.165) is 24.2 Å². The van der Waals surface area contributed by atoms with Crippen LogP contribution < -0.4 is 5.32 Å². The molecule has 0 saturated heterocycles. The van der Waals surface area contributed by atoms with Gasteiger partial charge in [-0.15, -0.1) is 0 Å². The molecule has 4 aliphatic carbocycles. The van der Waals surface area contributed by atoms with Crippen LogP contribution in [0.25, 0.3) is 0 Å². The van der Waals surface area contributed by atoms with Crippen LogP contribution in [0.2, 0.25) is 0 Å². The van der Waals surface area contributed by atoms with Gasteiger partial charge in [0.2, 0.25) is 5.91 Å². The van der Waals surface area contributed by atoms with Gasteiger partial charge in [0.1, 0.15) is 0 Å². The molecule has 118 valence electrons. The Balaban J connectivity index is 1.40. The average Bonchev–Trinajstić information content (AvgIpc) is 2.45. The molecule has 1 aromatic rings. The van der Waals surface area contributed by atoms with Gasteiger partial charge in [0.05, 0.1) is 6.04 Å². The third-order valence-corrected chi connectivity index (χ3v) is 6.38. The van der Waals surface area contributed by atoms with E-state index in [1.54, 1.807) is 0 Å². The van der Waals surface area contributed by atoms with Gasteiger partial charge in [0.15, 0.2) is 0 Å². The third-order valence-electron chi connectivity index (χ3n) is 6.38. The minimum absolute atomic E-state index is 0.114. The fourth-order valence-electron chi connectivity index (χ4n) is 5.96. The highest BCUT2D eigenvalue weighted by Gasteiger charge is 2.51. The van der Waals surface area contributed by atoms with Crippen LogP contribution in [-0.2, 0) is 4.79 Å². The zero-order valence-corrected chi connectivity index (χ0v) is 13.6. The van der Waals surface area contributed by atoms with Crippen LogP contribution in [0.4, 0.5) is 0 Å². The zero-order chi connectivity index (χ0) is 15.2. The Hall–Kier alpha value is -1.31. The van der Waals surface area contributed by atoms with Crippen molar-refractivity contribution in [3.8, 4) is 0 Å². The molecular weight excluding hydrogens is 270 g/mol. The summed E-state index contributed by atoms with van der Waals surface area (Å²) in [7, 11) is 0. The van der Waals surface area contributed by atoms with Crippen LogP contribution in [0.1, 0.15) is 63.5 Å². The molecule has 0 aromatic heterocycles. The van der Waals surface area contributed by atoms with Crippen molar-refractivity contribution in [3.05, 3.63) is 35.9 Å². The van der Waals surface area contributed by atoms with Crippen LogP contribution in [0, 0.1) is 23.2 Å². The van der Waals surface area contributed by atoms with Gasteiger partial charge < -0.3 is 5.32 Å². The normalized spacial score (nSPS) is 37.0. The summed E-state index contributed by atoms with van der Waals surface area (Å²) in [4.78, 5) is 12.6. The topological polar surface area (TPSA) is 29.1 Å². The summed E-state index contributed by atoms with van der Waals surface area (Å²) in [5.41, 5.74) is 1.54. The number of carbonyl (C=O) groups excluding carboxylic acids is 1. The van der Waals surface area contributed by atoms with Gasteiger partial charge in [-0.1, -0.05) is 30.3 Å². The van der Waals surface area contributed by atoms with Gasteiger partial charge in [-0.25, -0.2) is 0 Å². The number of rotatable bonds is 4. The fourth-order valence-corrected chi connectivity index (χ4v) is 5.96. The molecule has 0 aliphatic heterocycles. The van der Waals surface area contributed by atoms with Crippen molar-refractivity contribution in [1.82, 2.24) is 5.32 Å². The van der Waals surface area contributed by atoms with E-state index >= 15 is 0 Å². The number of carbonyl (C=O) groups is 1. The minimum Gasteiger partial charge on any atom is -0.350 e. The lowest BCUT2D eigenvalue weighted by Crippen LogP contribution is -2.48. The largest absolute Gasteiger partial charge is 0.350 e. The molecule has 0 spiro atoms. The van der Waals surface area contributed by atoms with E-state index in [-0.39, 0.29) is 11.9 Å². The zero-order valence-electron chi connectivity index (χ0n) is 13.6. The molecule has 4 bridgehead atoms. The quantitative estimate of drug-likeness (QED) is 0.873. The lowest BCUT2D eigenvalue weighted by atomic mass is 9.49. The van der Waals surface area contributed by atoms with Crippen LogP contribution in [0.3, 0.4) is 0 Å². The Morgan fingerprint density at radius 2 is 1.64 bits per heavy atom. The molecule has 4 saturated carbocycles. The van der Waals surface area contributed by atoms with Gasteiger partial charge in [-0.05, 0) is 74.2 Å². The Morgan fingerprint density at radius 1 is 1.09 bits per heavy atom. The maximum atomic E-state index is 12.6. The lowest BCUT2D eigenvalue weighted by Gasteiger charge is -2.56. The maximum absolute atomic E-state index is 12.6. The number of amides is 1. The first-order valence-corrected chi connectivity index (χ1v) is 8.96. The van der Waals surface area contributed by atoms with Gasteiger partial charge in [-0.3, -0.25) is 4.79 Å². The molecule has 0 radical (unpaired) electrons. The third kappa shape index (κ3) is 2.68. The van der Waals surface area contributed by atoms with E-state index < -0.39 is 0 Å². The standard InChI is InChI=1S/C20H27NO/c1-14(18-5-3-2-4-6-18)21-19(22)13-20-10-15-7-16(11-20)9-17(8-15)12-20/h2-6,14-17H,7-13H2,1H3,(H,21,22)/t14-,15?,16?,17?,20?/m1/s1. The Bertz CT molecular complexity index is 515. The number of nitrogens with one attached hydrogen (secondary N) is 1. The number of hydrogen-bond donors (Lipinski definition) is 1. The Kier molecular flexibility index (Phi) is 3.51. The molecule has 1 aromatic carbocycles. The van der Waals surface area contributed by atoms with Crippen molar-refractivity contribution in [2.75, 3.05) is 0 Å². The van der Waals surface area contributed by atoms with E-state index in [0.29, 0.717) is 5.41 Å². The minimum atomic E-state index is 0.114. The first-order chi connectivity index (χ1) is 10.6. The molecule has 1 N–H and O–H groups in total. The van der Waals surface area contributed by atoms with Crippen molar-refractivity contribution in [2.24, 2.45) is 23.2 Å². The van der Waals surface area contributed by atoms with Crippen LogP contribution in [-0.4, -0.2) is 5.91 Å². The summed E-state index contributed by atoms with van der Waals surface area (Å²) in [6, 6.07) is 10.4. The predicted molar refractivity (Wildman–Crippen MR) is 88.2 cm³/mol. The molecule has 0 heterocycles. The molecule has 1 amide bonds. The second-order valence-corrected chi connectivity index (χ2v) is 8.29. The van der Waals surface area contributed by atoms with Crippen molar-refractivity contribution in [2.45, 2.75) is 57.9 Å². The van der Waals surface area contributed by atoms with E-state index in [4.69, 9.17) is 0 Å². The molecule has 4 aliphatic rings. The molecule has 1 atom stereocenters. The lowest BCUT2D eigenvalue weighted by molar-refractivity contribution is -0.130. The summed E-state index contributed by atoms with van der Waals surface area (Å²) < 4.78 is 0. The number of hydrogen-bond acceptors (Lipinski definition) is 1. The summed E-state index contributed by atoms with van der Waals surface area (Å²) in [5, 5.41) is 3.23. The summed E-state index contributed by atoms with van der Waals surface area (Å²) >= 11 is 0. The Morgan fingerprint density at radius 3 is 2.18 bits per heavy atom. The van der Waals surface area contributed by atoms with E-state index in [2.05, 4.69) is 24.4 Å². The van der Waals surface area contributed by atoms with Crippen LogP contribution in [0.5, 0.6) is 0 Å². The van der Waals surface area contributed by atoms with Gasteiger partial charge >= 0.3 is 0 Å². The highest BCUT2D eigenvalue weighted by Crippen LogP contribution is 2.61. The Labute approximate surface area is 133 Å². The van der Waals surface area contributed by atoms with E-state index in [1.807, 2.05) is 18.2 Å². The molecule has 2 nitrogen and oxygen atoms in total. The molecular formula is C20H27NO. The predicted octanol–water partition coefficient (Wildman–Crippen LogP) is 4.47.